The number of benzene rings is 1. The minimum Gasteiger partial charge on any atom is -0.480 e. The van der Waals surface area contributed by atoms with Crippen LogP contribution in [0.4, 0.5) is 10.5 Å². The molecule has 0 saturated heterocycles. The van der Waals surface area contributed by atoms with Gasteiger partial charge in [-0.25, -0.2) is 9.59 Å². The number of carboxylic acid groups (broad SMARTS) is 1. The Labute approximate surface area is 113 Å². The summed E-state index contributed by atoms with van der Waals surface area (Å²) < 4.78 is 0. The average molecular weight is 284 g/mol. The molecule has 1 atom stereocenters. The minimum atomic E-state index is -1.41. The van der Waals surface area contributed by atoms with Crippen molar-refractivity contribution in [2.24, 2.45) is 0 Å². The number of aliphatic hydroxyl groups is 1. The number of amides is 2. The fourth-order valence-corrected chi connectivity index (χ4v) is 1.42. The van der Waals surface area contributed by atoms with Crippen LogP contribution in [0.25, 0.3) is 0 Å². The van der Waals surface area contributed by atoms with Crippen molar-refractivity contribution in [3.05, 3.63) is 28.8 Å². The standard InChI is InChI=1S/C11H10ClN3O4/c12-7-3-6(4-13)1-2-8(7)14-11(19)15-9(5-16)10(17)18/h1-3,9,16H,5H2,(H,17,18)(H2,14,15,19)/t9-/m1/s1. The Morgan fingerprint density at radius 3 is 2.63 bits per heavy atom. The van der Waals surface area contributed by atoms with E-state index in [0.717, 1.165) is 0 Å². The summed E-state index contributed by atoms with van der Waals surface area (Å²) in [6.45, 7) is -0.732. The molecular formula is C11H10ClN3O4. The van der Waals surface area contributed by atoms with Gasteiger partial charge >= 0.3 is 12.0 Å². The van der Waals surface area contributed by atoms with E-state index < -0.39 is 24.6 Å². The zero-order chi connectivity index (χ0) is 14.4. The van der Waals surface area contributed by atoms with Gasteiger partial charge in [-0.15, -0.1) is 0 Å². The molecule has 0 aromatic heterocycles. The van der Waals surface area contributed by atoms with Crippen LogP contribution in [-0.4, -0.2) is 34.9 Å². The van der Waals surface area contributed by atoms with Crippen molar-refractivity contribution < 1.29 is 19.8 Å². The fourth-order valence-electron chi connectivity index (χ4n) is 1.19. The lowest BCUT2D eigenvalue weighted by Crippen LogP contribution is -2.45. The number of rotatable bonds is 4. The van der Waals surface area contributed by atoms with Gasteiger partial charge in [0.25, 0.3) is 0 Å². The number of carbonyl (C=O) groups is 2. The lowest BCUT2D eigenvalue weighted by atomic mass is 10.2. The lowest BCUT2D eigenvalue weighted by molar-refractivity contribution is -0.140. The number of hydrogen-bond acceptors (Lipinski definition) is 4. The van der Waals surface area contributed by atoms with Crippen molar-refractivity contribution in [2.75, 3.05) is 11.9 Å². The summed E-state index contributed by atoms with van der Waals surface area (Å²) in [4.78, 5) is 22.1. The number of carbonyl (C=O) groups excluding carboxylic acids is 1. The van der Waals surface area contributed by atoms with Gasteiger partial charge < -0.3 is 20.8 Å². The molecule has 4 N–H and O–H groups in total. The van der Waals surface area contributed by atoms with Crippen LogP contribution in [0.2, 0.25) is 5.02 Å². The normalized spacial score (nSPS) is 11.2. The van der Waals surface area contributed by atoms with Crippen molar-refractivity contribution in [1.82, 2.24) is 5.32 Å². The van der Waals surface area contributed by atoms with E-state index in [1.165, 1.54) is 18.2 Å². The third kappa shape index (κ3) is 4.13. The Hall–Kier alpha value is -2.30. The number of halogens is 1. The molecule has 1 rings (SSSR count). The molecule has 1 aromatic rings. The van der Waals surface area contributed by atoms with Crippen molar-refractivity contribution in [3.63, 3.8) is 0 Å². The summed E-state index contributed by atoms with van der Waals surface area (Å²) in [7, 11) is 0. The molecule has 19 heavy (non-hydrogen) atoms. The predicted octanol–water partition coefficient (Wildman–Crippen LogP) is 0.779. The quantitative estimate of drug-likeness (QED) is 0.650. The Morgan fingerprint density at radius 1 is 1.47 bits per heavy atom. The van der Waals surface area contributed by atoms with Crippen molar-refractivity contribution in [2.45, 2.75) is 6.04 Å². The van der Waals surface area contributed by atoms with E-state index in [-0.39, 0.29) is 10.7 Å². The van der Waals surface area contributed by atoms with Gasteiger partial charge in [0.1, 0.15) is 0 Å². The molecule has 0 aliphatic rings. The monoisotopic (exact) mass is 283 g/mol. The molecule has 100 valence electrons. The third-order valence-electron chi connectivity index (χ3n) is 2.13. The number of aliphatic hydroxyl groups excluding tert-OH is 1. The molecule has 0 spiro atoms. The molecule has 0 heterocycles. The molecule has 0 fully saturated rings. The highest BCUT2D eigenvalue weighted by molar-refractivity contribution is 6.33. The summed E-state index contributed by atoms with van der Waals surface area (Å²) in [5, 5.41) is 30.5. The first-order valence-electron chi connectivity index (χ1n) is 5.08. The fraction of sp³-hybridized carbons (Fsp3) is 0.182. The van der Waals surface area contributed by atoms with Gasteiger partial charge in [-0.3, -0.25) is 0 Å². The van der Waals surface area contributed by atoms with Gasteiger partial charge in [0.05, 0.1) is 28.9 Å². The molecular weight excluding hydrogens is 274 g/mol. The third-order valence-corrected chi connectivity index (χ3v) is 2.45. The van der Waals surface area contributed by atoms with Gasteiger partial charge in [-0.1, -0.05) is 11.6 Å². The van der Waals surface area contributed by atoms with Crippen LogP contribution in [0.15, 0.2) is 18.2 Å². The van der Waals surface area contributed by atoms with E-state index in [0.29, 0.717) is 5.56 Å². The van der Waals surface area contributed by atoms with E-state index >= 15 is 0 Å². The highest BCUT2D eigenvalue weighted by Crippen LogP contribution is 2.22. The highest BCUT2D eigenvalue weighted by Gasteiger charge is 2.18. The maximum Gasteiger partial charge on any atom is 0.328 e. The Bertz CT molecular complexity index is 541. The number of nitrogens with zero attached hydrogens (tertiary/aromatic N) is 1. The number of hydrogen-bond donors (Lipinski definition) is 4. The van der Waals surface area contributed by atoms with Crippen molar-refractivity contribution in [1.29, 1.82) is 5.26 Å². The first kappa shape index (κ1) is 14.8. The molecule has 0 unspecified atom stereocenters. The largest absolute Gasteiger partial charge is 0.480 e. The number of carboxylic acids is 1. The zero-order valence-corrected chi connectivity index (χ0v) is 10.3. The van der Waals surface area contributed by atoms with Crippen LogP contribution in [0, 0.1) is 11.3 Å². The van der Waals surface area contributed by atoms with Gasteiger partial charge in [-0.2, -0.15) is 5.26 Å². The maximum absolute atomic E-state index is 11.5. The van der Waals surface area contributed by atoms with Crippen LogP contribution in [0.3, 0.4) is 0 Å². The second kappa shape index (κ2) is 6.58. The van der Waals surface area contributed by atoms with Crippen LogP contribution >= 0.6 is 11.6 Å². The Balaban J connectivity index is 2.72. The lowest BCUT2D eigenvalue weighted by Gasteiger charge is -2.13. The highest BCUT2D eigenvalue weighted by atomic mass is 35.5. The zero-order valence-electron chi connectivity index (χ0n) is 9.55. The summed E-state index contributed by atoms with van der Waals surface area (Å²) in [5.74, 6) is -1.36. The number of aliphatic carboxylic acids is 1. The van der Waals surface area contributed by atoms with Crippen molar-refractivity contribution in [3.8, 4) is 6.07 Å². The molecule has 0 saturated carbocycles. The topological polar surface area (TPSA) is 122 Å². The number of anilines is 1. The summed E-state index contributed by atoms with van der Waals surface area (Å²) >= 11 is 5.83. The first-order valence-corrected chi connectivity index (χ1v) is 5.46. The molecule has 0 radical (unpaired) electrons. The van der Waals surface area contributed by atoms with Gasteiger partial charge in [0.2, 0.25) is 0 Å². The van der Waals surface area contributed by atoms with Crippen LogP contribution in [0.1, 0.15) is 5.56 Å². The summed E-state index contributed by atoms with van der Waals surface area (Å²) in [5.41, 5.74) is 0.551. The molecule has 0 aliphatic heterocycles. The maximum atomic E-state index is 11.5. The minimum absolute atomic E-state index is 0.144. The Kier molecular flexibility index (Phi) is 5.11. The van der Waals surface area contributed by atoms with Crippen molar-refractivity contribution >= 4 is 29.3 Å². The van der Waals surface area contributed by atoms with E-state index in [1.54, 1.807) is 0 Å². The van der Waals surface area contributed by atoms with E-state index in [9.17, 15) is 9.59 Å². The van der Waals surface area contributed by atoms with Gasteiger partial charge in [0.15, 0.2) is 6.04 Å². The Morgan fingerprint density at radius 2 is 2.16 bits per heavy atom. The molecule has 1 aromatic carbocycles. The average Bonchev–Trinajstić information content (AvgIpc) is 2.37. The van der Waals surface area contributed by atoms with Crippen LogP contribution in [-0.2, 0) is 4.79 Å². The molecule has 7 nitrogen and oxygen atoms in total. The second-order valence-corrected chi connectivity index (χ2v) is 3.89. The summed E-state index contributed by atoms with van der Waals surface area (Å²) in [6, 6.07) is 3.87. The van der Waals surface area contributed by atoms with Crippen LogP contribution < -0.4 is 10.6 Å². The first-order chi connectivity index (χ1) is 8.97. The number of nitrogens with one attached hydrogen (secondary N) is 2. The van der Waals surface area contributed by atoms with Crippen LogP contribution in [0.5, 0.6) is 0 Å². The van der Waals surface area contributed by atoms with E-state index in [1.807, 2.05) is 11.4 Å². The number of urea groups is 1. The smallest absolute Gasteiger partial charge is 0.328 e. The molecule has 0 aliphatic carbocycles. The second-order valence-electron chi connectivity index (χ2n) is 3.48. The molecule has 0 bridgehead atoms. The molecule has 8 heteroatoms. The summed E-state index contributed by atoms with van der Waals surface area (Å²) in [6.07, 6.45) is 0. The predicted molar refractivity (Wildman–Crippen MR) is 66.8 cm³/mol. The SMILES string of the molecule is N#Cc1ccc(NC(=O)N[C@H](CO)C(=O)O)c(Cl)c1. The van der Waals surface area contributed by atoms with Gasteiger partial charge in [0, 0.05) is 0 Å². The molecule has 2 amide bonds. The number of nitriles is 1. The van der Waals surface area contributed by atoms with E-state index in [4.69, 9.17) is 27.1 Å². The van der Waals surface area contributed by atoms with Gasteiger partial charge in [-0.05, 0) is 18.2 Å². The van der Waals surface area contributed by atoms with E-state index in [2.05, 4.69) is 5.32 Å².